The van der Waals surface area contributed by atoms with Crippen LogP contribution in [0.5, 0.6) is 11.5 Å². The maximum atomic E-state index is 11.2. The molecule has 0 aromatic heterocycles. The second kappa shape index (κ2) is 5.71. The van der Waals surface area contributed by atoms with Gasteiger partial charge in [-0.05, 0) is 19.4 Å². The van der Waals surface area contributed by atoms with E-state index >= 15 is 0 Å². The van der Waals surface area contributed by atoms with E-state index < -0.39 is 11.4 Å². The number of hydrogen-bond donors (Lipinski definition) is 2. The first kappa shape index (κ1) is 14.7. The van der Waals surface area contributed by atoms with Crippen molar-refractivity contribution < 1.29 is 19.7 Å². The number of likely N-dealkylation sites (tertiary alicyclic amines) is 1. The number of carboxylic acids is 1. The van der Waals surface area contributed by atoms with Gasteiger partial charge in [-0.2, -0.15) is 0 Å². The molecule has 1 fully saturated rings. The summed E-state index contributed by atoms with van der Waals surface area (Å²) in [4.78, 5) is 13.3. The van der Waals surface area contributed by atoms with Crippen LogP contribution in [0.2, 0.25) is 0 Å². The fraction of sp³-hybridized carbons (Fsp3) is 0.533. The van der Waals surface area contributed by atoms with Gasteiger partial charge in [-0.15, -0.1) is 0 Å². The predicted octanol–water partition coefficient (Wildman–Crippen LogP) is 2.09. The predicted molar refractivity (Wildman–Crippen MR) is 74.9 cm³/mol. The number of phenolic OH excluding ortho intramolecular Hbond substituents is 1. The Morgan fingerprint density at radius 2 is 2.10 bits per heavy atom. The van der Waals surface area contributed by atoms with E-state index in [2.05, 4.69) is 0 Å². The molecular weight excluding hydrogens is 258 g/mol. The number of nitrogens with zero attached hydrogens (tertiary/aromatic N) is 1. The first-order valence-electron chi connectivity index (χ1n) is 6.92. The first-order chi connectivity index (χ1) is 9.52. The summed E-state index contributed by atoms with van der Waals surface area (Å²) in [6.07, 6.45) is 0.629. The molecule has 1 saturated heterocycles. The molecular formula is C15H21NO4. The second-order valence-electron chi connectivity index (χ2n) is 5.28. The third kappa shape index (κ3) is 2.58. The maximum Gasteiger partial charge on any atom is 0.312 e. The number of carbonyl (C=O) groups is 1. The minimum Gasteiger partial charge on any atom is -0.504 e. The van der Waals surface area contributed by atoms with E-state index in [1.54, 1.807) is 6.07 Å². The lowest BCUT2D eigenvalue weighted by atomic mass is 9.77. The molecule has 0 bridgehead atoms. The summed E-state index contributed by atoms with van der Waals surface area (Å²) in [5.41, 5.74) is 0.152. The summed E-state index contributed by atoms with van der Waals surface area (Å²) in [5, 5.41) is 19.4. The zero-order valence-electron chi connectivity index (χ0n) is 11.9. The standard InChI is InChI=1S/C15H21NO4/c1-3-15(14(18)19)9-16(10-15)8-11-6-5-7-12(13(11)17)20-4-2/h5-7,17H,3-4,8-10H2,1-2H3,(H,18,19). The Labute approximate surface area is 118 Å². The van der Waals surface area contributed by atoms with E-state index in [-0.39, 0.29) is 5.75 Å². The van der Waals surface area contributed by atoms with E-state index in [0.29, 0.717) is 38.4 Å². The van der Waals surface area contributed by atoms with Gasteiger partial charge in [0.15, 0.2) is 11.5 Å². The summed E-state index contributed by atoms with van der Waals surface area (Å²) >= 11 is 0. The highest BCUT2D eigenvalue weighted by atomic mass is 16.5. The van der Waals surface area contributed by atoms with Crippen molar-refractivity contribution in [3.05, 3.63) is 23.8 Å². The molecule has 0 atom stereocenters. The number of ether oxygens (including phenoxy) is 1. The molecule has 1 aliphatic rings. The molecule has 0 radical (unpaired) electrons. The summed E-state index contributed by atoms with van der Waals surface area (Å²) in [6, 6.07) is 5.40. The Morgan fingerprint density at radius 1 is 1.40 bits per heavy atom. The highest BCUT2D eigenvalue weighted by molar-refractivity contribution is 5.76. The van der Waals surface area contributed by atoms with Crippen LogP contribution in [0.1, 0.15) is 25.8 Å². The molecule has 0 amide bonds. The number of carboxylic acid groups (broad SMARTS) is 1. The summed E-state index contributed by atoms with van der Waals surface area (Å²) in [5.74, 6) is -0.104. The monoisotopic (exact) mass is 279 g/mol. The van der Waals surface area contributed by atoms with Crippen molar-refractivity contribution in [1.82, 2.24) is 4.90 Å². The fourth-order valence-electron chi connectivity index (χ4n) is 2.64. The van der Waals surface area contributed by atoms with Gasteiger partial charge < -0.3 is 14.9 Å². The van der Waals surface area contributed by atoms with Gasteiger partial charge in [-0.25, -0.2) is 0 Å². The van der Waals surface area contributed by atoms with Gasteiger partial charge in [-0.1, -0.05) is 19.1 Å². The summed E-state index contributed by atoms with van der Waals surface area (Å²) in [7, 11) is 0. The lowest BCUT2D eigenvalue weighted by Crippen LogP contribution is -2.59. The van der Waals surface area contributed by atoms with Crippen LogP contribution >= 0.6 is 0 Å². The van der Waals surface area contributed by atoms with Crippen LogP contribution in [0.3, 0.4) is 0 Å². The Morgan fingerprint density at radius 3 is 2.65 bits per heavy atom. The van der Waals surface area contributed by atoms with Crippen molar-refractivity contribution in [3.8, 4) is 11.5 Å². The number of aromatic hydroxyl groups is 1. The second-order valence-corrected chi connectivity index (χ2v) is 5.28. The lowest BCUT2D eigenvalue weighted by Gasteiger charge is -2.47. The number of phenols is 1. The molecule has 110 valence electrons. The normalized spacial score (nSPS) is 17.5. The number of hydrogen-bond acceptors (Lipinski definition) is 4. The lowest BCUT2D eigenvalue weighted by molar-refractivity contribution is -0.161. The van der Waals surface area contributed by atoms with Crippen molar-refractivity contribution in [2.45, 2.75) is 26.8 Å². The molecule has 0 aliphatic carbocycles. The Hall–Kier alpha value is -1.75. The third-order valence-corrected chi connectivity index (χ3v) is 3.96. The largest absolute Gasteiger partial charge is 0.504 e. The number of aliphatic carboxylic acids is 1. The average Bonchev–Trinajstić information content (AvgIpc) is 2.37. The summed E-state index contributed by atoms with van der Waals surface area (Å²) in [6.45, 7) is 5.86. The quantitative estimate of drug-likeness (QED) is 0.834. The minimum absolute atomic E-state index is 0.152. The number of para-hydroxylation sites is 1. The topological polar surface area (TPSA) is 70.0 Å². The third-order valence-electron chi connectivity index (χ3n) is 3.96. The minimum atomic E-state index is -0.733. The molecule has 1 heterocycles. The molecule has 5 heteroatoms. The van der Waals surface area contributed by atoms with E-state index in [1.807, 2.05) is 30.9 Å². The maximum absolute atomic E-state index is 11.2. The van der Waals surface area contributed by atoms with Crippen molar-refractivity contribution in [2.24, 2.45) is 5.41 Å². The molecule has 2 rings (SSSR count). The van der Waals surface area contributed by atoms with Crippen molar-refractivity contribution in [1.29, 1.82) is 0 Å². The van der Waals surface area contributed by atoms with Crippen LogP contribution in [0.25, 0.3) is 0 Å². The van der Waals surface area contributed by atoms with Crippen molar-refractivity contribution in [2.75, 3.05) is 19.7 Å². The van der Waals surface area contributed by atoms with Gasteiger partial charge >= 0.3 is 5.97 Å². The molecule has 1 aliphatic heterocycles. The fourth-order valence-corrected chi connectivity index (χ4v) is 2.64. The van der Waals surface area contributed by atoms with E-state index in [4.69, 9.17) is 4.74 Å². The Kier molecular flexibility index (Phi) is 4.18. The average molecular weight is 279 g/mol. The molecule has 5 nitrogen and oxygen atoms in total. The van der Waals surface area contributed by atoms with Crippen LogP contribution in [0, 0.1) is 5.41 Å². The van der Waals surface area contributed by atoms with Gasteiger partial charge in [0.25, 0.3) is 0 Å². The highest BCUT2D eigenvalue weighted by Gasteiger charge is 2.47. The van der Waals surface area contributed by atoms with Crippen LogP contribution in [-0.4, -0.2) is 40.8 Å². The van der Waals surface area contributed by atoms with Crippen molar-refractivity contribution >= 4 is 5.97 Å². The molecule has 0 saturated carbocycles. The highest BCUT2D eigenvalue weighted by Crippen LogP contribution is 2.37. The van der Waals surface area contributed by atoms with Crippen LogP contribution < -0.4 is 4.74 Å². The Balaban J connectivity index is 2.03. The van der Waals surface area contributed by atoms with Gasteiger partial charge in [0.2, 0.25) is 0 Å². The zero-order chi connectivity index (χ0) is 14.8. The van der Waals surface area contributed by atoms with Gasteiger partial charge in [0, 0.05) is 25.2 Å². The smallest absolute Gasteiger partial charge is 0.312 e. The van der Waals surface area contributed by atoms with Crippen LogP contribution in [0.15, 0.2) is 18.2 Å². The van der Waals surface area contributed by atoms with Crippen molar-refractivity contribution in [3.63, 3.8) is 0 Å². The molecule has 1 aromatic rings. The number of benzene rings is 1. The molecule has 0 spiro atoms. The first-order valence-corrected chi connectivity index (χ1v) is 6.92. The molecule has 2 N–H and O–H groups in total. The molecule has 1 aromatic carbocycles. The summed E-state index contributed by atoms with van der Waals surface area (Å²) < 4.78 is 5.35. The molecule has 20 heavy (non-hydrogen) atoms. The van der Waals surface area contributed by atoms with Crippen LogP contribution in [0.4, 0.5) is 0 Å². The SMILES string of the molecule is CCOc1cccc(CN2CC(CC)(C(=O)O)C2)c1O. The van der Waals surface area contributed by atoms with Crippen LogP contribution in [-0.2, 0) is 11.3 Å². The van der Waals surface area contributed by atoms with Gasteiger partial charge in [0.05, 0.1) is 12.0 Å². The zero-order valence-corrected chi connectivity index (χ0v) is 11.9. The Bertz CT molecular complexity index is 495. The number of rotatable bonds is 6. The van der Waals surface area contributed by atoms with E-state index in [0.717, 1.165) is 5.56 Å². The van der Waals surface area contributed by atoms with E-state index in [9.17, 15) is 15.0 Å². The van der Waals surface area contributed by atoms with E-state index in [1.165, 1.54) is 0 Å². The van der Waals surface area contributed by atoms with Gasteiger partial charge in [0.1, 0.15) is 0 Å². The van der Waals surface area contributed by atoms with Gasteiger partial charge in [-0.3, -0.25) is 9.69 Å². The molecule has 0 unspecified atom stereocenters.